The first kappa shape index (κ1) is 21.6. The van der Waals surface area contributed by atoms with Gasteiger partial charge in [-0.2, -0.15) is 5.10 Å². The summed E-state index contributed by atoms with van der Waals surface area (Å²) in [6, 6.07) is 5.88. The summed E-state index contributed by atoms with van der Waals surface area (Å²) in [5.74, 6) is 0.705. The molecule has 1 aromatic carbocycles. The molecule has 0 atom stereocenters. The summed E-state index contributed by atoms with van der Waals surface area (Å²) in [5, 5.41) is 18.5. The van der Waals surface area contributed by atoms with Gasteiger partial charge in [-0.05, 0) is 24.6 Å². The molecule has 3 rings (SSSR count). The van der Waals surface area contributed by atoms with Crippen LogP contribution in [0.2, 0.25) is 0 Å². The molecule has 0 saturated carbocycles. The molecule has 12 nitrogen and oxygen atoms in total. The highest BCUT2D eigenvalue weighted by Gasteiger charge is 2.23. The van der Waals surface area contributed by atoms with Crippen molar-refractivity contribution in [3.05, 3.63) is 58.0 Å². The third-order valence-electron chi connectivity index (χ3n) is 4.49. The van der Waals surface area contributed by atoms with Gasteiger partial charge in [0.1, 0.15) is 11.5 Å². The Morgan fingerprint density at radius 1 is 1.26 bits per heavy atom. The van der Waals surface area contributed by atoms with Crippen LogP contribution in [-0.2, 0) is 4.74 Å². The van der Waals surface area contributed by atoms with Gasteiger partial charge in [-0.15, -0.1) is 5.10 Å². The summed E-state index contributed by atoms with van der Waals surface area (Å²) >= 11 is 0. The first-order valence-electron chi connectivity index (χ1n) is 9.58. The lowest BCUT2D eigenvalue weighted by molar-refractivity contribution is -0.384. The Morgan fingerprint density at radius 2 is 1.97 bits per heavy atom. The number of carbonyl (C=O) groups is 1. The molecule has 0 unspecified atom stereocenters. The zero-order chi connectivity index (χ0) is 22.2. The summed E-state index contributed by atoms with van der Waals surface area (Å²) in [5.41, 5.74) is 6.98. The maximum absolute atomic E-state index is 11.8. The molecule has 1 aliphatic heterocycles. The van der Waals surface area contributed by atoms with Crippen molar-refractivity contribution >= 4 is 29.6 Å². The number of non-ortho nitro benzene ring substituents is 1. The molecule has 1 fully saturated rings. The molecule has 1 aliphatic rings. The van der Waals surface area contributed by atoms with E-state index in [1.165, 1.54) is 24.5 Å². The smallest absolute Gasteiger partial charge is 0.409 e. The number of amides is 1. The molecular formula is C19H22N8O4. The topological polar surface area (TPSA) is 152 Å². The highest BCUT2D eigenvalue weighted by atomic mass is 16.6. The molecule has 1 saturated heterocycles. The monoisotopic (exact) mass is 426 g/mol. The fourth-order valence-electron chi connectivity index (χ4n) is 2.86. The molecule has 1 amide bonds. The number of benzene rings is 1. The van der Waals surface area contributed by atoms with Crippen molar-refractivity contribution in [3.8, 4) is 0 Å². The van der Waals surface area contributed by atoms with Crippen LogP contribution in [0.25, 0.3) is 0 Å². The Labute approximate surface area is 178 Å². The minimum absolute atomic E-state index is 0.00431. The van der Waals surface area contributed by atoms with Crippen molar-refractivity contribution in [3.63, 3.8) is 0 Å². The number of hydrogen-bond acceptors (Lipinski definition) is 9. The molecule has 2 heterocycles. The zero-order valence-electron chi connectivity index (χ0n) is 16.9. The molecule has 0 spiro atoms. The van der Waals surface area contributed by atoms with Gasteiger partial charge in [-0.1, -0.05) is 0 Å². The Kier molecular flexibility index (Phi) is 7.04. The van der Waals surface area contributed by atoms with Crippen molar-refractivity contribution in [1.82, 2.24) is 14.9 Å². The van der Waals surface area contributed by atoms with Crippen LogP contribution in [-0.4, -0.2) is 70.7 Å². The average Bonchev–Trinajstić information content (AvgIpc) is 2.79. The Bertz CT molecular complexity index is 985. The molecule has 0 aliphatic carbocycles. The third kappa shape index (κ3) is 5.72. The predicted molar refractivity (Wildman–Crippen MR) is 114 cm³/mol. The molecule has 12 heteroatoms. The van der Waals surface area contributed by atoms with E-state index in [1.54, 1.807) is 30.2 Å². The van der Waals surface area contributed by atoms with Crippen molar-refractivity contribution < 1.29 is 14.5 Å². The minimum Gasteiger partial charge on any atom is -0.450 e. The Morgan fingerprint density at radius 3 is 2.61 bits per heavy atom. The van der Waals surface area contributed by atoms with E-state index in [1.807, 2.05) is 4.90 Å². The van der Waals surface area contributed by atoms with Gasteiger partial charge in [-0.3, -0.25) is 15.1 Å². The largest absolute Gasteiger partial charge is 0.450 e. The molecule has 2 N–H and O–H groups in total. The summed E-state index contributed by atoms with van der Waals surface area (Å²) in [6.07, 6.45) is 4.22. The summed E-state index contributed by atoms with van der Waals surface area (Å²) in [4.78, 5) is 34.3. The van der Waals surface area contributed by atoms with E-state index in [-0.39, 0.29) is 17.6 Å². The van der Waals surface area contributed by atoms with Gasteiger partial charge in [0.15, 0.2) is 5.84 Å². The number of rotatable bonds is 6. The second-order valence-electron chi connectivity index (χ2n) is 6.51. The number of piperazine rings is 1. The molecule has 0 bridgehead atoms. The second kappa shape index (κ2) is 10.1. The lowest BCUT2D eigenvalue weighted by Crippen LogP contribution is -2.49. The fourth-order valence-corrected chi connectivity index (χ4v) is 2.86. The molecule has 2 aromatic rings. The second-order valence-corrected chi connectivity index (χ2v) is 6.51. The van der Waals surface area contributed by atoms with Crippen LogP contribution >= 0.6 is 0 Å². The van der Waals surface area contributed by atoms with Crippen molar-refractivity contribution in [2.75, 3.05) is 37.7 Å². The maximum atomic E-state index is 11.8. The zero-order valence-corrected chi connectivity index (χ0v) is 16.9. The molecule has 1 aromatic heterocycles. The van der Waals surface area contributed by atoms with Crippen LogP contribution in [0, 0.1) is 10.1 Å². The lowest BCUT2D eigenvalue weighted by atomic mass is 10.2. The number of nitrogens with two attached hydrogens (primary N) is 1. The number of ether oxygens (including phenoxy) is 1. The molecule has 31 heavy (non-hydrogen) atoms. The SMILES string of the molecule is CCOC(=O)N1CCN(c2cncc(/C(N)=N/N=C\c3ccc([N+](=O)[O-])cc3)n2)CC1. The first-order valence-corrected chi connectivity index (χ1v) is 9.58. The van der Waals surface area contributed by atoms with Gasteiger partial charge < -0.3 is 20.3 Å². The van der Waals surface area contributed by atoms with E-state index in [9.17, 15) is 14.9 Å². The quantitative estimate of drug-likeness (QED) is 0.315. The predicted octanol–water partition coefficient (Wildman–Crippen LogP) is 1.40. The highest BCUT2D eigenvalue weighted by Crippen LogP contribution is 2.14. The number of nitro groups is 1. The molecular weight excluding hydrogens is 404 g/mol. The van der Waals surface area contributed by atoms with Gasteiger partial charge in [0.2, 0.25) is 0 Å². The highest BCUT2D eigenvalue weighted by molar-refractivity contribution is 5.96. The van der Waals surface area contributed by atoms with Gasteiger partial charge in [0.05, 0.1) is 30.1 Å². The van der Waals surface area contributed by atoms with E-state index >= 15 is 0 Å². The van der Waals surface area contributed by atoms with Crippen LogP contribution in [0.4, 0.5) is 16.3 Å². The Hall–Kier alpha value is -4.09. The van der Waals surface area contributed by atoms with E-state index in [0.29, 0.717) is 49.9 Å². The van der Waals surface area contributed by atoms with Gasteiger partial charge >= 0.3 is 6.09 Å². The fraction of sp³-hybridized carbons (Fsp3) is 0.316. The van der Waals surface area contributed by atoms with Crippen molar-refractivity contribution in [2.24, 2.45) is 15.9 Å². The normalized spacial score (nSPS) is 14.7. The summed E-state index contributed by atoms with van der Waals surface area (Å²) < 4.78 is 5.02. The van der Waals surface area contributed by atoms with Crippen LogP contribution in [0.1, 0.15) is 18.2 Å². The van der Waals surface area contributed by atoms with Crippen molar-refractivity contribution in [2.45, 2.75) is 6.92 Å². The van der Waals surface area contributed by atoms with Crippen molar-refractivity contribution in [1.29, 1.82) is 0 Å². The molecule has 162 valence electrons. The standard InChI is InChI=1S/C19H22N8O4/c1-2-31-19(28)26-9-7-25(8-10-26)17-13-21-12-16(23-17)18(20)24-22-11-14-3-5-15(6-4-14)27(29)30/h3-6,11-13H,2,7-10H2,1H3,(H2,20,24)/b22-11-. The average molecular weight is 426 g/mol. The number of amidine groups is 1. The molecule has 0 radical (unpaired) electrons. The van der Waals surface area contributed by atoms with E-state index in [4.69, 9.17) is 10.5 Å². The van der Waals surface area contributed by atoms with Crippen LogP contribution < -0.4 is 10.6 Å². The summed E-state index contributed by atoms with van der Waals surface area (Å²) in [6.45, 7) is 4.34. The van der Waals surface area contributed by atoms with E-state index in [0.717, 1.165) is 0 Å². The maximum Gasteiger partial charge on any atom is 0.409 e. The lowest BCUT2D eigenvalue weighted by Gasteiger charge is -2.34. The first-order chi connectivity index (χ1) is 15.0. The van der Waals surface area contributed by atoms with Crippen LogP contribution in [0.3, 0.4) is 0 Å². The van der Waals surface area contributed by atoms with Crippen LogP contribution in [0.5, 0.6) is 0 Å². The van der Waals surface area contributed by atoms with Gasteiger partial charge in [0.25, 0.3) is 5.69 Å². The van der Waals surface area contributed by atoms with Gasteiger partial charge in [-0.25, -0.2) is 9.78 Å². The van der Waals surface area contributed by atoms with Crippen LogP contribution in [0.15, 0.2) is 46.9 Å². The minimum atomic E-state index is -0.473. The summed E-state index contributed by atoms with van der Waals surface area (Å²) in [7, 11) is 0. The third-order valence-corrected chi connectivity index (χ3v) is 4.49. The van der Waals surface area contributed by atoms with E-state index in [2.05, 4.69) is 20.2 Å². The number of aromatic nitrogens is 2. The number of carbonyl (C=O) groups excluding carboxylic acids is 1. The van der Waals surface area contributed by atoms with E-state index < -0.39 is 4.92 Å². The number of hydrogen-bond donors (Lipinski definition) is 1. The van der Waals surface area contributed by atoms with Gasteiger partial charge in [0, 0.05) is 38.3 Å². The number of nitrogens with zero attached hydrogens (tertiary/aromatic N) is 7. The Balaban J connectivity index is 1.62. The number of nitro benzene ring substituents is 1. The number of anilines is 1.